The molecule has 1 aromatic rings. The fraction of sp³-hybridized carbons (Fsp3) is 0.429. The highest BCUT2D eigenvalue weighted by atomic mass is 35.5. The maximum Gasteiger partial charge on any atom is 0.227 e. The Morgan fingerprint density at radius 2 is 2.20 bits per heavy atom. The summed E-state index contributed by atoms with van der Waals surface area (Å²) in [6, 6.07) is 7.29. The van der Waals surface area contributed by atoms with Gasteiger partial charge in [0.1, 0.15) is 5.84 Å². The van der Waals surface area contributed by atoms with Crippen LogP contribution in [0.25, 0.3) is 0 Å². The Morgan fingerprint density at radius 3 is 2.75 bits per heavy atom. The van der Waals surface area contributed by atoms with Crippen LogP contribution in [0.5, 0.6) is 0 Å². The molecule has 0 aromatic heterocycles. The highest BCUT2D eigenvalue weighted by Gasteiger charge is 2.17. The number of hydrogen-bond donors (Lipinski definition) is 2. The lowest BCUT2D eigenvalue weighted by molar-refractivity contribution is -0.132. The zero-order chi connectivity index (χ0) is 15.1. The molecule has 0 radical (unpaired) electrons. The molecule has 0 bridgehead atoms. The van der Waals surface area contributed by atoms with Crippen molar-refractivity contribution >= 4 is 23.3 Å². The first-order chi connectivity index (χ1) is 9.43. The molecule has 20 heavy (non-hydrogen) atoms. The first kappa shape index (κ1) is 16.3. The molecule has 0 heterocycles. The van der Waals surface area contributed by atoms with Crippen molar-refractivity contribution in [2.45, 2.75) is 32.7 Å². The van der Waals surface area contributed by atoms with Crippen LogP contribution in [0.15, 0.2) is 29.4 Å². The molecule has 3 N–H and O–H groups in total. The van der Waals surface area contributed by atoms with Gasteiger partial charge in [-0.3, -0.25) is 4.79 Å². The van der Waals surface area contributed by atoms with E-state index >= 15 is 0 Å². The zero-order valence-corrected chi connectivity index (χ0v) is 12.5. The summed E-state index contributed by atoms with van der Waals surface area (Å²) in [4.78, 5) is 14.0. The third-order valence-corrected chi connectivity index (χ3v) is 3.16. The van der Waals surface area contributed by atoms with Gasteiger partial charge in [0.15, 0.2) is 0 Å². The molecule has 0 aliphatic rings. The molecular formula is C14H20ClN3O2. The van der Waals surface area contributed by atoms with E-state index in [1.165, 1.54) is 0 Å². The van der Waals surface area contributed by atoms with Crippen molar-refractivity contribution in [1.29, 1.82) is 0 Å². The van der Waals surface area contributed by atoms with Crippen LogP contribution >= 0.6 is 11.6 Å². The van der Waals surface area contributed by atoms with Gasteiger partial charge in [-0.25, -0.2) is 0 Å². The minimum Gasteiger partial charge on any atom is -0.409 e. The molecule has 0 atom stereocenters. The van der Waals surface area contributed by atoms with Crippen LogP contribution in [0.1, 0.15) is 25.8 Å². The Hall–Kier alpha value is -1.75. The van der Waals surface area contributed by atoms with E-state index in [0.717, 1.165) is 5.56 Å². The Balaban J connectivity index is 2.69. The predicted molar refractivity (Wildman–Crippen MR) is 80.0 cm³/mol. The van der Waals surface area contributed by atoms with Crippen LogP contribution < -0.4 is 5.73 Å². The zero-order valence-electron chi connectivity index (χ0n) is 11.7. The molecule has 5 nitrogen and oxygen atoms in total. The number of nitrogens with two attached hydrogens (primary N) is 1. The van der Waals surface area contributed by atoms with Crippen LogP contribution in [-0.2, 0) is 11.2 Å². The van der Waals surface area contributed by atoms with Crippen molar-refractivity contribution in [2.24, 2.45) is 10.9 Å². The second kappa shape index (κ2) is 7.75. The van der Waals surface area contributed by atoms with Gasteiger partial charge in [0, 0.05) is 24.0 Å². The number of benzene rings is 1. The number of carbonyl (C=O) groups excluding carboxylic acids is 1. The van der Waals surface area contributed by atoms with Crippen molar-refractivity contribution in [3.05, 3.63) is 34.9 Å². The van der Waals surface area contributed by atoms with E-state index in [4.69, 9.17) is 22.5 Å². The van der Waals surface area contributed by atoms with Crippen LogP contribution in [0.4, 0.5) is 0 Å². The first-order valence-corrected chi connectivity index (χ1v) is 6.82. The van der Waals surface area contributed by atoms with E-state index in [1.54, 1.807) is 17.0 Å². The maximum atomic E-state index is 12.3. The summed E-state index contributed by atoms with van der Waals surface area (Å²) in [6.07, 6.45) is 0.630. The first-order valence-electron chi connectivity index (χ1n) is 6.44. The van der Waals surface area contributed by atoms with E-state index < -0.39 is 0 Å². The Kier molecular flexibility index (Phi) is 6.31. The fourth-order valence-electron chi connectivity index (χ4n) is 1.88. The van der Waals surface area contributed by atoms with Crippen molar-refractivity contribution in [3.8, 4) is 0 Å². The molecule has 0 spiro atoms. The molecule has 0 saturated heterocycles. The standard InChI is InChI=1S/C14H20ClN3O2/c1-10(2)18(7-6-13(16)17-20)14(19)9-11-4-3-5-12(15)8-11/h3-5,8,10,20H,6-7,9H2,1-2H3,(H2,16,17). The molecule has 110 valence electrons. The summed E-state index contributed by atoms with van der Waals surface area (Å²) in [6.45, 7) is 4.29. The Labute approximate surface area is 124 Å². The van der Waals surface area contributed by atoms with Crippen molar-refractivity contribution < 1.29 is 10.0 Å². The van der Waals surface area contributed by atoms with E-state index in [9.17, 15) is 4.79 Å². The maximum absolute atomic E-state index is 12.3. The van der Waals surface area contributed by atoms with Gasteiger partial charge in [0.2, 0.25) is 5.91 Å². The number of rotatable bonds is 6. The van der Waals surface area contributed by atoms with Crippen molar-refractivity contribution in [1.82, 2.24) is 4.90 Å². The number of oxime groups is 1. The SMILES string of the molecule is CC(C)N(CCC(N)=NO)C(=O)Cc1cccc(Cl)c1. The van der Waals surface area contributed by atoms with Crippen LogP contribution in [0, 0.1) is 0 Å². The van der Waals surface area contributed by atoms with E-state index in [-0.39, 0.29) is 24.2 Å². The molecule has 6 heteroatoms. The topological polar surface area (TPSA) is 78.9 Å². The van der Waals surface area contributed by atoms with Crippen molar-refractivity contribution in [2.75, 3.05) is 6.54 Å². The predicted octanol–water partition coefficient (Wildman–Crippen LogP) is 2.26. The van der Waals surface area contributed by atoms with Crippen LogP contribution in [0.3, 0.4) is 0 Å². The monoisotopic (exact) mass is 297 g/mol. The number of amides is 1. The second-order valence-electron chi connectivity index (χ2n) is 4.83. The molecule has 1 aromatic carbocycles. The van der Waals surface area contributed by atoms with Gasteiger partial charge in [0.25, 0.3) is 0 Å². The minimum atomic E-state index is -0.00648. The second-order valence-corrected chi connectivity index (χ2v) is 5.27. The minimum absolute atomic E-state index is 0.00648. The summed E-state index contributed by atoms with van der Waals surface area (Å²) < 4.78 is 0. The van der Waals surface area contributed by atoms with Gasteiger partial charge in [-0.05, 0) is 31.5 Å². The highest BCUT2D eigenvalue weighted by molar-refractivity contribution is 6.30. The summed E-state index contributed by atoms with van der Waals surface area (Å²) in [5, 5.41) is 12.1. The van der Waals surface area contributed by atoms with E-state index in [2.05, 4.69) is 5.16 Å². The largest absolute Gasteiger partial charge is 0.409 e. The normalized spacial score (nSPS) is 11.7. The summed E-state index contributed by atoms with van der Waals surface area (Å²) in [5.74, 6) is 0.110. The third-order valence-electron chi connectivity index (χ3n) is 2.93. The lowest BCUT2D eigenvalue weighted by Gasteiger charge is -2.26. The van der Waals surface area contributed by atoms with Gasteiger partial charge in [-0.15, -0.1) is 0 Å². The third kappa shape index (κ3) is 5.09. The fourth-order valence-corrected chi connectivity index (χ4v) is 2.09. The summed E-state index contributed by atoms with van der Waals surface area (Å²) in [5.41, 5.74) is 6.31. The number of carbonyl (C=O) groups is 1. The molecule has 1 amide bonds. The Bertz CT molecular complexity index is 489. The Morgan fingerprint density at radius 1 is 1.50 bits per heavy atom. The van der Waals surface area contributed by atoms with E-state index in [1.807, 2.05) is 26.0 Å². The highest BCUT2D eigenvalue weighted by Crippen LogP contribution is 2.13. The van der Waals surface area contributed by atoms with Gasteiger partial charge < -0.3 is 15.8 Å². The van der Waals surface area contributed by atoms with Gasteiger partial charge >= 0.3 is 0 Å². The summed E-state index contributed by atoms with van der Waals surface area (Å²) >= 11 is 5.91. The van der Waals surface area contributed by atoms with Gasteiger partial charge in [-0.1, -0.05) is 28.9 Å². The van der Waals surface area contributed by atoms with E-state index in [0.29, 0.717) is 18.0 Å². The molecule has 0 aliphatic carbocycles. The average Bonchev–Trinajstić information content (AvgIpc) is 2.38. The molecule has 0 fully saturated rings. The number of hydrogen-bond acceptors (Lipinski definition) is 3. The smallest absolute Gasteiger partial charge is 0.227 e. The number of halogens is 1. The lowest BCUT2D eigenvalue weighted by atomic mass is 10.1. The molecule has 1 rings (SSSR count). The molecular weight excluding hydrogens is 278 g/mol. The van der Waals surface area contributed by atoms with Crippen molar-refractivity contribution in [3.63, 3.8) is 0 Å². The number of nitrogens with zero attached hydrogens (tertiary/aromatic N) is 2. The molecule has 0 saturated carbocycles. The van der Waals surface area contributed by atoms with Gasteiger partial charge in [-0.2, -0.15) is 0 Å². The molecule has 0 aliphatic heterocycles. The van der Waals surface area contributed by atoms with Crippen LogP contribution in [-0.4, -0.2) is 34.4 Å². The summed E-state index contributed by atoms with van der Waals surface area (Å²) in [7, 11) is 0. The lowest BCUT2D eigenvalue weighted by Crippen LogP contribution is -2.40. The van der Waals surface area contributed by atoms with Crippen LogP contribution in [0.2, 0.25) is 5.02 Å². The quantitative estimate of drug-likeness (QED) is 0.366. The average molecular weight is 298 g/mol. The number of amidine groups is 1. The molecule has 0 unspecified atom stereocenters. The van der Waals surface area contributed by atoms with Gasteiger partial charge in [0.05, 0.1) is 6.42 Å².